The number of carboxylic acids is 1. The Bertz CT molecular complexity index is 865. The van der Waals surface area contributed by atoms with E-state index >= 15 is 0 Å². The summed E-state index contributed by atoms with van der Waals surface area (Å²) in [6, 6.07) is 5.03. The maximum Gasteiger partial charge on any atom is 0.416 e. The zero-order valence-corrected chi connectivity index (χ0v) is 12.6. The molecular weight excluding hydrogens is 341 g/mol. The number of anilines is 1. The number of carbonyl (C=O) groups is 1. The standard InChI is InChI=1S/C15H11F3N4O3/c16-15(17,18)12-7-22(6-11(25-12)14(23)24)10-5-21-9(4-19)13-8(10)2-1-3-20-13/h1-3,5,11-12H,6-7H2,(H,23,24)/t11-,12+/m1/s1. The third-order valence-corrected chi connectivity index (χ3v) is 3.81. The fourth-order valence-corrected chi connectivity index (χ4v) is 2.66. The van der Waals surface area contributed by atoms with Crippen LogP contribution in [0.2, 0.25) is 0 Å². The van der Waals surface area contributed by atoms with Gasteiger partial charge in [0, 0.05) is 11.6 Å². The molecule has 0 aliphatic carbocycles. The summed E-state index contributed by atoms with van der Waals surface area (Å²) in [7, 11) is 0. The monoisotopic (exact) mass is 352 g/mol. The molecule has 3 heterocycles. The summed E-state index contributed by atoms with van der Waals surface area (Å²) in [5.41, 5.74) is 0.546. The van der Waals surface area contributed by atoms with Gasteiger partial charge in [-0.05, 0) is 12.1 Å². The molecule has 0 bridgehead atoms. The van der Waals surface area contributed by atoms with Crippen molar-refractivity contribution in [1.82, 2.24) is 9.97 Å². The summed E-state index contributed by atoms with van der Waals surface area (Å²) in [6.45, 7) is -0.857. The Morgan fingerprint density at radius 3 is 2.80 bits per heavy atom. The third kappa shape index (κ3) is 3.18. The van der Waals surface area contributed by atoms with Crippen molar-refractivity contribution in [3.63, 3.8) is 0 Å². The second-order valence-corrected chi connectivity index (χ2v) is 5.40. The van der Waals surface area contributed by atoms with Crippen LogP contribution in [0.5, 0.6) is 0 Å². The van der Waals surface area contributed by atoms with Crippen LogP contribution in [-0.2, 0) is 9.53 Å². The molecular formula is C15H11F3N4O3. The van der Waals surface area contributed by atoms with Gasteiger partial charge >= 0.3 is 12.1 Å². The van der Waals surface area contributed by atoms with Crippen LogP contribution in [0, 0.1) is 11.3 Å². The van der Waals surface area contributed by atoms with Gasteiger partial charge in [-0.1, -0.05) is 0 Å². The molecule has 1 aliphatic rings. The van der Waals surface area contributed by atoms with E-state index in [1.165, 1.54) is 17.3 Å². The molecule has 25 heavy (non-hydrogen) atoms. The van der Waals surface area contributed by atoms with E-state index in [4.69, 9.17) is 10.4 Å². The average molecular weight is 352 g/mol. The molecule has 0 spiro atoms. The molecule has 0 aromatic carbocycles. The highest BCUT2D eigenvalue weighted by molar-refractivity contribution is 5.94. The lowest BCUT2D eigenvalue weighted by molar-refractivity contribution is -0.236. The molecule has 1 saturated heterocycles. The first kappa shape index (κ1) is 16.9. The molecule has 1 aliphatic heterocycles. The van der Waals surface area contributed by atoms with Crippen molar-refractivity contribution in [3.05, 3.63) is 30.2 Å². The number of morpholine rings is 1. The first-order valence-corrected chi connectivity index (χ1v) is 7.15. The number of nitrogens with zero attached hydrogens (tertiary/aromatic N) is 4. The molecule has 0 amide bonds. The largest absolute Gasteiger partial charge is 0.479 e. The minimum atomic E-state index is -4.71. The summed E-state index contributed by atoms with van der Waals surface area (Å²) >= 11 is 0. The molecule has 130 valence electrons. The average Bonchev–Trinajstić information content (AvgIpc) is 2.59. The minimum Gasteiger partial charge on any atom is -0.479 e. The van der Waals surface area contributed by atoms with E-state index in [1.807, 2.05) is 6.07 Å². The molecule has 2 aromatic rings. The normalized spacial score (nSPS) is 21.1. The topological polar surface area (TPSA) is 99.3 Å². The fraction of sp³-hybridized carbons (Fsp3) is 0.333. The van der Waals surface area contributed by atoms with E-state index < -0.39 is 30.9 Å². The maximum atomic E-state index is 13.1. The van der Waals surface area contributed by atoms with Crippen LogP contribution in [0.25, 0.3) is 10.9 Å². The van der Waals surface area contributed by atoms with Gasteiger partial charge in [-0.15, -0.1) is 0 Å². The summed E-state index contributed by atoms with van der Waals surface area (Å²) in [4.78, 5) is 20.4. The van der Waals surface area contributed by atoms with Gasteiger partial charge in [0.05, 0.1) is 25.0 Å². The second-order valence-electron chi connectivity index (χ2n) is 5.40. The van der Waals surface area contributed by atoms with E-state index in [9.17, 15) is 18.0 Å². The number of nitriles is 1. The zero-order valence-electron chi connectivity index (χ0n) is 12.6. The summed E-state index contributed by atoms with van der Waals surface area (Å²) in [6.07, 6.45) is -5.90. The van der Waals surface area contributed by atoms with Crippen molar-refractivity contribution in [2.45, 2.75) is 18.4 Å². The first-order chi connectivity index (χ1) is 11.8. The van der Waals surface area contributed by atoms with Gasteiger partial charge in [0.15, 0.2) is 17.9 Å². The number of pyridine rings is 2. The van der Waals surface area contributed by atoms with Crippen LogP contribution in [0.3, 0.4) is 0 Å². The minimum absolute atomic E-state index is 0.0368. The Hall–Kier alpha value is -2.93. The number of alkyl halides is 3. The molecule has 3 rings (SSSR count). The Morgan fingerprint density at radius 2 is 2.16 bits per heavy atom. The number of ether oxygens (including phenoxy) is 1. The molecule has 1 N–H and O–H groups in total. The number of halogens is 3. The number of fused-ring (bicyclic) bond motifs is 1. The highest BCUT2D eigenvalue weighted by atomic mass is 19.4. The van der Waals surface area contributed by atoms with E-state index in [0.29, 0.717) is 5.39 Å². The Morgan fingerprint density at radius 1 is 1.40 bits per heavy atom. The number of carboxylic acid groups (broad SMARTS) is 1. The molecule has 0 unspecified atom stereocenters. The lowest BCUT2D eigenvalue weighted by Crippen LogP contribution is -2.55. The Labute approximate surface area is 139 Å². The van der Waals surface area contributed by atoms with Crippen molar-refractivity contribution >= 4 is 22.6 Å². The van der Waals surface area contributed by atoms with Crippen molar-refractivity contribution in [1.29, 1.82) is 5.26 Å². The van der Waals surface area contributed by atoms with Crippen molar-refractivity contribution in [3.8, 4) is 6.07 Å². The van der Waals surface area contributed by atoms with E-state index in [0.717, 1.165) is 0 Å². The van der Waals surface area contributed by atoms with Gasteiger partial charge < -0.3 is 14.7 Å². The van der Waals surface area contributed by atoms with Crippen LogP contribution < -0.4 is 4.90 Å². The quantitative estimate of drug-likeness (QED) is 0.878. The van der Waals surface area contributed by atoms with Gasteiger partial charge in [-0.3, -0.25) is 4.98 Å². The van der Waals surface area contributed by atoms with Gasteiger partial charge in [0.25, 0.3) is 0 Å². The highest BCUT2D eigenvalue weighted by Crippen LogP contribution is 2.33. The van der Waals surface area contributed by atoms with Crippen molar-refractivity contribution in [2.75, 3.05) is 18.0 Å². The van der Waals surface area contributed by atoms with Crippen molar-refractivity contribution < 1.29 is 27.8 Å². The molecule has 0 radical (unpaired) electrons. The first-order valence-electron chi connectivity index (χ1n) is 7.15. The van der Waals surface area contributed by atoms with Crippen molar-refractivity contribution in [2.24, 2.45) is 0 Å². The summed E-state index contributed by atoms with van der Waals surface area (Å²) in [5.74, 6) is -1.48. The smallest absolute Gasteiger partial charge is 0.416 e. The summed E-state index contributed by atoms with van der Waals surface area (Å²) < 4.78 is 43.9. The molecule has 2 atom stereocenters. The Kier molecular flexibility index (Phi) is 4.18. The molecule has 1 fully saturated rings. The molecule has 0 saturated carbocycles. The Balaban J connectivity index is 2.07. The van der Waals surface area contributed by atoms with Crippen LogP contribution in [0.15, 0.2) is 24.5 Å². The van der Waals surface area contributed by atoms with Gasteiger partial charge in [-0.25, -0.2) is 9.78 Å². The number of rotatable bonds is 2. The molecule has 7 nitrogen and oxygen atoms in total. The number of hydrogen-bond acceptors (Lipinski definition) is 6. The van der Waals surface area contributed by atoms with Crippen LogP contribution in [0.4, 0.5) is 18.9 Å². The van der Waals surface area contributed by atoms with Gasteiger partial charge in [0.2, 0.25) is 0 Å². The van der Waals surface area contributed by atoms with Gasteiger partial charge in [-0.2, -0.15) is 18.4 Å². The highest BCUT2D eigenvalue weighted by Gasteiger charge is 2.47. The maximum absolute atomic E-state index is 13.1. The SMILES string of the molecule is N#Cc1ncc(N2C[C@@H](C(F)(F)F)O[C@@H](C(=O)O)C2)c2cccnc12. The number of aliphatic carboxylic acids is 1. The fourth-order valence-electron chi connectivity index (χ4n) is 2.66. The number of hydrogen-bond donors (Lipinski definition) is 1. The van der Waals surface area contributed by atoms with Crippen LogP contribution >= 0.6 is 0 Å². The predicted molar refractivity (Wildman–Crippen MR) is 78.8 cm³/mol. The summed E-state index contributed by atoms with van der Waals surface area (Å²) in [5, 5.41) is 18.6. The predicted octanol–water partition coefficient (Wildman–Crippen LogP) is 1.72. The lowest BCUT2D eigenvalue weighted by Gasteiger charge is -2.38. The third-order valence-electron chi connectivity index (χ3n) is 3.81. The van der Waals surface area contributed by atoms with E-state index in [1.54, 1.807) is 12.1 Å². The van der Waals surface area contributed by atoms with Crippen LogP contribution in [-0.4, -0.2) is 52.5 Å². The molecule has 10 heteroatoms. The molecule has 2 aromatic heterocycles. The second kappa shape index (κ2) is 6.18. The number of aromatic nitrogens is 2. The van der Waals surface area contributed by atoms with Gasteiger partial charge in [0.1, 0.15) is 11.6 Å². The van der Waals surface area contributed by atoms with E-state index in [2.05, 4.69) is 14.7 Å². The zero-order chi connectivity index (χ0) is 18.2. The van der Waals surface area contributed by atoms with Crippen LogP contribution in [0.1, 0.15) is 5.69 Å². The lowest BCUT2D eigenvalue weighted by atomic mass is 10.1. The van der Waals surface area contributed by atoms with E-state index in [-0.39, 0.29) is 23.4 Å².